The highest BCUT2D eigenvalue weighted by molar-refractivity contribution is 6.39. The van der Waals surface area contributed by atoms with Crippen molar-refractivity contribution in [3.8, 4) is 28.3 Å². The van der Waals surface area contributed by atoms with E-state index in [9.17, 15) is 9.59 Å². The summed E-state index contributed by atoms with van der Waals surface area (Å²) in [5.74, 6) is 0.394. The summed E-state index contributed by atoms with van der Waals surface area (Å²) in [6, 6.07) is 15.1. The minimum atomic E-state index is -0.373. The summed E-state index contributed by atoms with van der Waals surface area (Å²) in [5.41, 5.74) is 12.1. The van der Waals surface area contributed by atoms with Crippen molar-refractivity contribution >= 4 is 52.7 Å². The van der Waals surface area contributed by atoms with Crippen molar-refractivity contribution in [1.82, 2.24) is 20.2 Å². The topological polar surface area (TPSA) is 146 Å². The Labute approximate surface area is 307 Å². The van der Waals surface area contributed by atoms with Crippen LogP contribution in [-0.4, -0.2) is 60.1 Å². The Hall–Kier alpha value is -4.51. The van der Waals surface area contributed by atoms with E-state index in [-0.39, 0.29) is 34.0 Å². The molecule has 7 rings (SSSR count). The largest absolute Gasteiger partial charge is 0.481 e. The molecule has 1 aliphatic heterocycles. The van der Waals surface area contributed by atoms with Crippen molar-refractivity contribution in [3.63, 3.8) is 0 Å². The molecular weight excluding hydrogens is 685 g/mol. The number of anilines is 2. The smallest absolute Gasteiger partial charge is 0.255 e. The predicted molar refractivity (Wildman–Crippen MR) is 201 cm³/mol. The third-order valence-corrected chi connectivity index (χ3v) is 12.1. The highest BCUT2D eigenvalue weighted by Crippen LogP contribution is 2.63. The van der Waals surface area contributed by atoms with Crippen LogP contribution in [0.15, 0.2) is 54.7 Å². The van der Waals surface area contributed by atoms with Gasteiger partial charge in [-0.15, -0.1) is 0 Å². The van der Waals surface area contributed by atoms with Gasteiger partial charge in [-0.1, -0.05) is 53.5 Å². The average molecular weight is 727 g/mol. The summed E-state index contributed by atoms with van der Waals surface area (Å²) >= 11 is 14.2. The first-order valence-corrected chi connectivity index (χ1v) is 18.0. The van der Waals surface area contributed by atoms with Crippen molar-refractivity contribution in [3.05, 3.63) is 87.0 Å². The Balaban J connectivity index is 1.16. The number of ether oxygens (including phenoxy) is 1. The molecule has 2 aliphatic carbocycles. The monoisotopic (exact) mass is 725 g/mol. The number of hydrogen-bond acceptors (Lipinski definition) is 8. The Bertz CT molecular complexity index is 2040. The second-order valence-corrected chi connectivity index (χ2v) is 14.8. The summed E-state index contributed by atoms with van der Waals surface area (Å²) in [4.78, 5) is 36.7. The fourth-order valence-corrected chi connectivity index (χ4v) is 9.05. The Morgan fingerprint density at radius 2 is 1.78 bits per heavy atom. The average Bonchev–Trinajstić information content (AvgIpc) is 3.73. The molecule has 0 spiro atoms. The number of rotatable bonds is 11. The normalized spacial score (nSPS) is 20.9. The number of amides is 2. The number of fused-ring (bicyclic) bond motifs is 3. The molecule has 0 atom stereocenters. The summed E-state index contributed by atoms with van der Waals surface area (Å²) in [5, 5.41) is 14.5. The minimum absolute atomic E-state index is 0.116. The van der Waals surface area contributed by atoms with Gasteiger partial charge < -0.3 is 26.5 Å². The van der Waals surface area contributed by atoms with Gasteiger partial charge in [-0.25, -0.2) is 9.97 Å². The van der Waals surface area contributed by atoms with Gasteiger partial charge >= 0.3 is 0 Å². The van der Waals surface area contributed by atoms with Gasteiger partial charge in [-0.3, -0.25) is 14.5 Å². The van der Waals surface area contributed by atoms with Crippen molar-refractivity contribution in [2.45, 2.75) is 51.5 Å². The fourth-order valence-electron chi connectivity index (χ4n) is 8.45. The van der Waals surface area contributed by atoms with E-state index in [1.54, 1.807) is 19.2 Å². The standard InChI is InChI=1S/C39H41Cl2N7O3/c1-44-35(49)31-23(20-42)9-16-45-34(31)46-29-8-4-6-27(33(29)41)26-5-3-7-28(32(26)40)30-19-24-21-48(17-10-25(24)36(47-30)51-2)18-15-38-11-13-39(22-38,14-12-38)37(43)50/h3-9,16,19-20,42H,10-15,17-18,21-22H2,1-2H3,(H2,43,50)(H,44,49)(H,45,46). The van der Waals surface area contributed by atoms with E-state index in [1.165, 1.54) is 18.8 Å². The molecule has 3 heterocycles. The molecule has 0 radical (unpaired) electrons. The molecule has 2 saturated carbocycles. The Kier molecular flexibility index (Phi) is 9.52. The second-order valence-electron chi connectivity index (χ2n) is 14.1. The summed E-state index contributed by atoms with van der Waals surface area (Å²) < 4.78 is 5.83. The zero-order valence-corrected chi connectivity index (χ0v) is 30.3. The van der Waals surface area contributed by atoms with Crippen LogP contribution in [0.5, 0.6) is 5.88 Å². The number of halogens is 2. The van der Waals surface area contributed by atoms with E-state index in [0.717, 1.165) is 87.5 Å². The lowest BCUT2D eigenvalue weighted by Crippen LogP contribution is -2.34. The maximum Gasteiger partial charge on any atom is 0.255 e. The van der Waals surface area contributed by atoms with Crippen molar-refractivity contribution in [2.75, 3.05) is 32.6 Å². The number of pyridine rings is 2. The lowest BCUT2D eigenvalue weighted by molar-refractivity contribution is -0.127. The molecule has 51 heavy (non-hydrogen) atoms. The minimum Gasteiger partial charge on any atom is -0.481 e. The predicted octanol–water partition coefficient (Wildman–Crippen LogP) is 7.41. The first kappa shape index (κ1) is 34.9. The zero-order chi connectivity index (χ0) is 35.9. The first-order valence-electron chi connectivity index (χ1n) is 17.3. The highest BCUT2D eigenvalue weighted by atomic mass is 35.5. The number of nitrogens with one attached hydrogen (secondary N) is 3. The van der Waals surface area contributed by atoms with Crippen LogP contribution in [0.2, 0.25) is 10.0 Å². The lowest BCUT2D eigenvalue weighted by atomic mass is 9.80. The van der Waals surface area contributed by atoms with E-state index in [1.807, 2.05) is 30.3 Å². The van der Waals surface area contributed by atoms with Gasteiger partial charge in [-0.05, 0) is 80.7 Å². The molecule has 3 aliphatic rings. The van der Waals surface area contributed by atoms with E-state index in [2.05, 4.69) is 26.6 Å². The number of aromatic nitrogens is 2. The van der Waals surface area contributed by atoms with Crippen LogP contribution in [0, 0.1) is 16.2 Å². The third kappa shape index (κ3) is 6.34. The molecule has 4 aromatic rings. The van der Waals surface area contributed by atoms with Crippen LogP contribution < -0.4 is 21.1 Å². The van der Waals surface area contributed by atoms with Gasteiger partial charge in [0.2, 0.25) is 11.8 Å². The van der Waals surface area contributed by atoms with Crippen molar-refractivity contribution < 1.29 is 14.3 Å². The van der Waals surface area contributed by atoms with Crippen LogP contribution >= 0.6 is 23.2 Å². The molecule has 12 heteroatoms. The maximum absolute atomic E-state index is 12.7. The van der Waals surface area contributed by atoms with Crippen molar-refractivity contribution in [2.24, 2.45) is 16.6 Å². The number of carbonyl (C=O) groups excluding carboxylic acids is 2. The summed E-state index contributed by atoms with van der Waals surface area (Å²) in [7, 11) is 3.18. The Morgan fingerprint density at radius 3 is 2.47 bits per heavy atom. The number of primary amides is 1. The van der Waals surface area contributed by atoms with Crippen LogP contribution in [0.3, 0.4) is 0 Å². The highest BCUT2D eigenvalue weighted by Gasteiger charge is 2.56. The molecule has 2 fully saturated rings. The number of methoxy groups -OCH3 is 1. The summed E-state index contributed by atoms with van der Waals surface area (Å²) in [6.45, 7) is 2.67. The quantitative estimate of drug-likeness (QED) is 0.118. The number of carbonyl (C=O) groups is 2. The molecule has 2 bridgehead atoms. The zero-order valence-electron chi connectivity index (χ0n) is 28.7. The molecule has 10 nitrogen and oxygen atoms in total. The van der Waals surface area contributed by atoms with Crippen LogP contribution in [0.1, 0.15) is 65.6 Å². The molecule has 264 valence electrons. The number of benzene rings is 2. The molecule has 0 saturated heterocycles. The number of nitrogens with zero attached hydrogens (tertiary/aromatic N) is 3. The summed E-state index contributed by atoms with van der Waals surface area (Å²) in [6.07, 6.45) is 9.54. The van der Waals surface area contributed by atoms with Crippen LogP contribution in [-0.2, 0) is 17.8 Å². The molecule has 0 unspecified atom stereocenters. The number of hydrogen-bond donors (Lipinski definition) is 4. The van der Waals surface area contributed by atoms with Gasteiger partial charge in [0.05, 0.1) is 34.1 Å². The van der Waals surface area contributed by atoms with Gasteiger partial charge in [-0.2, -0.15) is 0 Å². The number of nitrogens with two attached hydrogens (primary N) is 1. The van der Waals surface area contributed by atoms with Gasteiger partial charge in [0.1, 0.15) is 5.82 Å². The van der Waals surface area contributed by atoms with Gasteiger partial charge in [0, 0.05) is 65.8 Å². The SMILES string of the molecule is CNC(=O)c1c(C=N)ccnc1Nc1cccc(-c2cccc(-c3cc4c(c(OC)n3)CCN(CCC35CCC(C(N)=O)(CC3)C5)C4)c2Cl)c1Cl. The molecule has 2 amide bonds. The van der Waals surface area contributed by atoms with E-state index >= 15 is 0 Å². The molecule has 2 aromatic carbocycles. The lowest BCUT2D eigenvalue weighted by Gasteiger charge is -2.33. The van der Waals surface area contributed by atoms with Crippen LogP contribution in [0.4, 0.5) is 11.5 Å². The van der Waals surface area contributed by atoms with E-state index in [0.29, 0.717) is 38.4 Å². The van der Waals surface area contributed by atoms with Crippen molar-refractivity contribution in [1.29, 1.82) is 5.41 Å². The third-order valence-electron chi connectivity index (χ3n) is 11.3. The first-order chi connectivity index (χ1) is 24.6. The van der Waals surface area contributed by atoms with Gasteiger partial charge in [0.25, 0.3) is 5.91 Å². The second kappa shape index (κ2) is 13.9. The van der Waals surface area contributed by atoms with Gasteiger partial charge in [0.15, 0.2) is 0 Å². The molecule has 5 N–H and O–H groups in total. The maximum atomic E-state index is 12.7. The van der Waals surface area contributed by atoms with E-state index in [4.69, 9.17) is 44.1 Å². The Morgan fingerprint density at radius 1 is 1.06 bits per heavy atom. The molecular formula is C39H41Cl2N7O3. The fraction of sp³-hybridized carbons (Fsp3) is 0.359. The van der Waals surface area contributed by atoms with E-state index < -0.39 is 0 Å². The molecule has 2 aromatic heterocycles. The van der Waals surface area contributed by atoms with Crippen LogP contribution in [0.25, 0.3) is 22.4 Å².